The Balaban J connectivity index is 2.02. The summed E-state index contributed by atoms with van der Waals surface area (Å²) in [4.78, 5) is 16.2. The van der Waals surface area contributed by atoms with Gasteiger partial charge in [-0.2, -0.15) is 0 Å². The normalized spacial score (nSPS) is 12.3. The van der Waals surface area contributed by atoms with Crippen LogP contribution in [0, 0.1) is 0 Å². The molecule has 0 aliphatic heterocycles. The highest BCUT2D eigenvalue weighted by Gasteiger charge is 2.22. The summed E-state index contributed by atoms with van der Waals surface area (Å²) in [5.41, 5.74) is 3.53. The van der Waals surface area contributed by atoms with Crippen molar-refractivity contribution in [1.82, 2.24) is 15.0 Å². The summed E-state index contributed by atoms with van der Waals surface area (Å²) in [5.74, 6) is -0.476. The predicted molar refractivity (Wildman–Crippen MR) is 83.9 cm³/mol. The van der Waals surface area contributed by atoms with E-state index in [1.54, 1.807) is 28.5 Å². The third-order valence-corrected chi connectivity index (χ3v) is 3.80. The second-order valence-corrected chi connectivity index (χ2v) is 5.36. The number of carbonyl (C=O) groups excluding carboxylic acids is 1. The highest BCUT2D eigenvalue weighted by Crippen LogP contribution is 2.24. The predicted octanol–water partition coefficient (Wildman–Crippen LogP) is 2.98. The number of halogens is 1. The van der Waals surface area contributed by atoms with E-state index in [0.29, 0.717) is 11.6 Å². The lowest BCUT2D eigenvalue weighted by Crippen LogP contribution is -2.31. The lowest BCUT2D eigenvalue weighted by Gasteiger charge is -2.18. The van der Waals surface area contributed by atoms with Crippen molar-refractivity contribution in [2.45, 2.75) is 12.5 Å². The Morgan fingerprint density at radius 1 is 1.32 bits per heavy atom. The second kappa shape index (κ2) is 6.17. The molecular weight excluding hydrogens is 302 g/mol. The summed E-state index contributed by atoms with van der Waals surface area (Å²) >= 11 is 5.89. The van der Waals surface area contributed by atoms with Gasteiger partial charge in [0.25, 0.3) is 5.91 Å². The quantitative estimate of drug-likeness (QED) is 0.442. The van der Waals surface area contributed by atoms with Crippen molar-refractivity contribution >= 4 is 28.4 Å². The van der Waals surface area contributed by atoms with Crippen LogP contribution in [0.4, 0.5) is 0 Å². The number of benzene rings is 1. The molecule has 22 heavy (non-hydrogen) atoms. The van der Waals surface area contributed by atoms with Crippen LogP contribution in [0.1, 0.15) is 11.6 Å². The molecule has 0 aliphatic carbocycles. The van der Waals surface area contributed by atoms with Crippen LogP contribution in [0.5, 0.6) is 0 Å². The summed E-state index contributed by atoms with van der Waals surface area (Å²) in [6.07, 6.45) is 3.88. The molecule has 2 aromatic heterocycles. The molecule has 2 N–H and O–H groups in total. The van der Waals surface area contributed by atoms with Crippen LogP contribution in [0.2, 0.25) is 5.15 Å². The van der Waals surface area contributed by atoms with Crippen LogP contribution in [0.15, 0.2) is 54.9 Å². The van der Waals surface area contributed by atoms with E-state index in [9.17, 15) is 4.79 Å². The number of rotatable bonds is 4. The van der Waals surface area contributed by atoms with Crippen LogP contribution < -0.4 is 5.48 Å². The van der Waals surface area contributed by atoms with E-state index in [0.717, 1.165) is 16.5 Å². The molecule has 0 spiro atoms. The second-order valence-electron chi connectivity index (χ2n) is 4.97. The van der Waals surface area contributed by atoms with Gasteiger partial charge >= 0.3 is 0 Å². The van der Waals surface area contributed by atoms with E-state index >= 15 is 0 Å². The van der Waals surface area contributed by atoms with Crippen molar-refractivity contribution < 1.29 is 10.0 Å². The van der Waals surface area contributed by atoms with E-state index in [4.69, 9.17) is 16.8 Å². The number of nitrogens with zero attached hydrogens (tertiary/aromatic N) is 2. The molecule has 0 radical (unpaired) electrons. The largest absolute Gasteiger partial charge is 0.333 e. The van der Waals surface area contributed by atoms with E-state index in [1.165, 1.54) is 0 Å². The maximum Gasteiger partial charge on any atom is 0.266 e. The lowest BCUT2D eigenvalue weighted by molar-refractivity contribution is -0.132. The zero-order valence-corrected chi connectivity index (χ0v) is 12.4. The van der Waals surface area contributed by atoms with Crippen LogP contribution in [-0.2, 0) is 11.2 Å². The van der Waals surface area contributed by atoms with Crippen molar-refractivity contribution in [3.8, 4) is 0 Å². The molecule has 0 bridgehead atoms. The molecular formula is C16H14ClN3O2. The number of carbonyl (C=O) groups is 1. The summed E-state index contributed by atoms with van der Waals surface area (Å²) in [6.45, 7) is 0. The zero-order chi connectivity index (χ0) is 15.5. The van der Waals surface area contributed by atoms with Gasteiger partial charge in [0.2, 0.25) is 0 Å². The Morgan fingerprint density at radius 3 is 2.82 bits per heavy atom. The number of hydrogen-bond donors (Lipinski definition) is 2. The molecule has 5 nitrogen and oxygen atoms in total. The monoisotopic (exact) mass is 315 g/mol. The highest BCUT2D eigenvalue weighted by molar-refractivity contribution is 6.30. The molecule has 2 heterocycles. The molecule has 1 unspecified atom stereocenters. The summed E-state index contributed by atoms with van der Waals surface area (Å²) in [5, 5.41) is 10.3. The molecule has 0 aliphatic rings. The van der Waals surface area contributed by atoms with Gasteiger partial charge in [-0.3, -0.25) is 10.0 Å². The third-order valence-electron chi connectivity index (χ3n) is 3.59. The number of hydroxylamine groups is 1. The topological polar surface area (TPSA) is 67.2 Å². The van der Waals surface area contributed by atoms with Crippen molar-refractivity contribution in [3.63, 3.8) is 0 Å². The molecule has 3 rings (SSSR count). The molecule has 1 aromatic carbocycles. The number of amides is 1. The van der Waals surface area contributed by atoms with Gasteiger partial charge in [-0.05, 0) is 17.7 Å². The minimum Gasteiger partial charge on any atom is -0.333 e. The number of aromatic nitrogens is 2. The summed E-state index contributed by atoms with van der Waals surface area (Å²) in [7, 11) is 0. The van der Waals surface area contributed by atoms with E-state index in [-0.39, 0.29) is 0 Å². The first-order chi connectivity index (χ1) is 10.7. The van der Waals surface area contributed by atoms with Crippen LogP contribution in [-0.4, -0.2) is 20.7 Å². The van der Waals surface area contributed by atoms with Crippen molar-refractivity contribution in [3.05, 3.63) is 65.6 Å². The molecule has 0 saturated heterocycles. The smallest absolute Gasteiger partial charge is 0.266 e. The summed E-state index contributed by atoms with van der Waals surface area (Å²) < 4.78 is 1.79. The van der Waals surface area contributed by atoms with Gasteiger partial charge in [-0.25, -0.2) is 10.5 Å². The lowest BCUT2D eigenvalue weighted by atomic mass is 10.1. The van der Waals surface area contributed by atoms with Crippen molar-refractivity contribution in [2.24, 2.45) is 0 Å². The fraction of sp³-hybridized carbons (Fsp3) is 0.125. The molecule has 6 heteroatoms. The SMILES string of the molecule is O=C(NO)C(Cc1ccccc1)n1ccc2cc(Cl)ncc21. The Morgan fingerprint density at radius 2 is 2.09 bits per heavy atom. The Hall–Kier alpha value is -2.37. The number of nitrogens with one attached hydrogen (secondary N) is 1. The number of fused-ring (bicyclic) bond motifs is 1. The van der Waals surface area contributed by atoms with Gasteiger partial charge in [0.1, 0.15) is 11.2 Å². The first kappa shape index (κ1) is 14.6. The van der Waals surface area contributed by atoms with Gasteiger partial charge in [0, 0.05) is 18.0 Å². The fourth-order valence-electron chi connectivity index (χ4n) is 2.53. The Kier molecular flexibility index (Phi) is 4.09. The van der Waals surface area contributed by atoms with Gasteiger partial charge in [0.15, 0.2) is 0 Å². The van der Waals surface area contributed by atoms with Crippen molar-refractivity contribution in [2.75, 3.05) is 0 Å². The fourth-order valence-corrected chi connectivity index (χ4v) is 2.69. The standard InChI is InChI=1S/C16H14ClN3O2/c17-15-9-12-6-7-20(14(12)10-18-15)13(16(21)19-22)8-11-4-2-1-3-5-11/h1-7,9-10,13,22H,8H2,(H,19,21). The van der Waals surface area contributed by atoms with Crippen molar-refractivity contribution in [1.29, 1.82) is 0 Å². The molecule has 0 fully saturated rings. The van der Waals surface area contributed by atoms with Gasteiger partial charge in [-0.1, -0.05) is 41.9 Å². The molecule has 1 amide bonds. The Labute approximate surface area is 132 Å². The van der Waals surface area contributed by atoms with Crippen LogP contribution in [0.3, 0.4) is 0 Å². The van der Waals surface area contributed by atoms with Gasteiger partial charge in [-0.15, -0.1) is 0 Å². The Bertz CT molecular complexity index is 802. The summed E-state index contributed by atoms with van der Waals surface area (Å²) in [6, 6.07) is 12.7. The minimum atomic E-state index is -0.576. The number of hydrogen-bond acceptors (Lipinski definition) is 3. The first-order valence-electron chi connectivity index (χ1n) is 6.79. The molecule has 0 saturated carbocycles. The van der Waals surface area contributed by atoms with E-state index < -0.39 is 11.9 Å². The maximum atomic E-state index is 12.1. The molecule has 3 aromatic rings. The molecule has 112 valence electrons. The first-order valence-corrected chi connectivity index (χ1v) is 7.17. The average Bonchev–Trinajstić information content (AvgIpc) is 2.95. The highest BCUT2D eigenvalue weighted by atomic mass is 35.5. The average molecular weight is 316 g/mol. The van der Waals surface area contributed by atoms with E-state index in [2.05, 4.69) is 4.98 Å². The van der Waals surface area contributed by atoms with Crippen LogP contribution >= 0.6 is 11.6 Å². The minimum absolute atomic E-state index is 0.400. The zero-order valence-electron chi connectivity index (χ0n) is 11.6. The van der Waals surface area contributed by atoms with E-state index in [1.807, 2.05) is 36.4 Å². The van der Waals surface area contributed by atoms with Gasteiger partial charge in [0.05, 0.1) is 11.7 Å². The van der Waals surface area contributed by atoms with Crippen LogP contribution in [0.25, 0.3) is 10.9 Å². The number of pyridine rings is 1. The van der Waals surface area contributed by atoms with Gasteiger partial charge < -0.3 is 4.57 Å². The third kappa shape index (κ3) is 2.81. The maximum absolute atomic E-state index is 12.1. The molecule has 1 atom stereocenters.